The zero-order valence-corrected chi connectivity index (χ0v) is 11.6. The Morgan fingerprint density at radius 3 is 2.48 bits per heavy atom. The topological polar surface area (TPSA) is 75.0 Å². The summed E-state index contributed by atoms with van der Waals surface area (Å²) in [7, 11) is 2.98. The summed E-state index contributed by atoms with van der Waals surface area (Å²) in [6.07, 6.45) is 1.35. The highest BCUT2D eigenvalue weighted by atomic mass is 16.5. The van der Waals surface area contributed by atoms with Gasteiger partial charge in [-0.15, -0.1) is 0 Å². The lowest BCUT2D eigenvalue weighted by Crippen LogP contribution is -2.14. The van der Waals surface area contributed by atoms with Crippen LogP contribution in [0.2, 0.25) is 0 Å². The first-order valence-corrected chi connectivity index (χ1v) is 6.11. The van der Waals surface area contributed by atoms with Crippen LogP contribution in [0.5, 0.6) is 11.5 Å². The third-order valence-corrected chi connectivity index (χ3v) is 2.76. The van der Waals surface area contributed by atoms with Gasteiger partial charge in [-0.3, -0.25) is 4.79 Å². The van der Waals surface area contributed by atoms with Crippen LogP contribution in [0, 0.1) is 0 Å². The van der Waals surface area contributed by atoms with E-state index in [9.17, 15) is 9.59 Å². The summed E-state index contributed by atoms with van der Waals surface area (Å²) in [4.78, 5) is 23.5. The number of benzene rings is 1. The van der Waals surface area contributed by atoms with Gasteiger partial charge in [0.25, 0.3) is 0 Å². The number of hydrogen-bond donors (Lipinski definition) is 0. The second-order valence-corrected chi connectivity index (χ2v) is 4.05. The van der Waals surface area contributed by atoms with E-state index in [1.54, 1.807) is 18.2 Å². The van der Waals surface area contributed by atoms with Crippen molar-refractivity contribution < 1.29 is 28.2 Å². The van der Waals surface area contributed by atoms with E-state index < -0.39 is 5.97 Å². The zero-order valence-electron chi connectivity index (χ0n) is 11.6. The summed E-state index contributed by atoms with van der Waals surface area (Å²) in [6, 6.07) is 7.74. The van der Waals surface area contributed by atoms with Gasteiger partial charge in [0, 0.05) is 5.56 Å². The summed E-state index contributed by atoms with van der Waals surface area (Å²) in [5.74, 6) is -0.0397. The first-order chi connectivity index (χ1) is 10.2. The molecule has 0 unspecified atom stereocenters. The maximum atomic E-state index is 12.0. The van der Waals surface area contributed by atoms with Crippen LogP contribution in [0.4, 0.5) is 0 Å². The molecule has 6 nitrogen and oxygen atoms in total. The molecule has 110 valence electrons. The molecule has 1 heterocycles. The Hall–Kier alpha value is -2.76. The van der Waals surface area contributed by atoms with Crippen molar-refractivity contribution in [3.05, 3.63) is 47.9 Å². The van der Waals surface area contributed by atoms with Crippen LogP contribution in [-0.4, -0.2) is 32.6 Å². The van der Waals surface area contributed by atoms with Gasteiger partial charge in [-0.25, -0.2) is 4.79 Å². The van der Waals surface area contributed by atoms with Crippen molar-refractivity contribution in [1.82, 2.24) is 0 Å². The molecule has 2 aromatic rings. The molecule has 2 rings (SSSR count). The van der Waals surface area contributed by atoms with Gasteiger partial charge >= 0.3 is 5.97 Å². The van der Waals surface area contributed by atoms with Crippen molar-refractivity contribution in [3.8, 4) is 11.5 Å². The molecule has 0 spiro atoms. The van der Waals surface area contributed by atoms with Crippen LogP contribution < -0.4 is 9.47 Å². The Balaban J connectivity index is 2.02. The van der Waals surface area contributed by atoms with Crippen LogP contribution in [0.3, 0.4) is 0 Å². The zero-order chi connectivity index (χ0) is 15.2. The van der Waals surface area contributed by atoms with Crippen molar-refractivity contribution in [1.29, 1.82) is 0 Å². The fraction of sp³-hybridized carbons (Fsp3) is 0.200. The molecule has 0 amide bonds. The number of carbonyl (C=O) groups excluding carboxylic acids is 2. The molecule has 1 aromatic heterocycles. The minimum atomic E-state index is -0.686. The van der Waals surface area contributed by atoms with Crippen molar-refractivity contribution in [3.63, 3.8) is 0 Å². The van der Waals surface area contributed by atoms with E-state index in [0.29, 0.717) is 17.1 Å². The second kappa shape index (κ2) is 6.60. The van der Waals surface area contributed by atoms with Gasteiger partial charge in [0.2, 0.25) is 5.76 Å². The number of methoxy groups -OCH3 is 2. The predicted octanol–water partition coefficient (Wildman–Crippen LogP) is 2.34. The second-order valence-electron chi connectivity index (χ2n) is 4.05. The molecule has 0 fully saturated rings. The van der Waals surface area contributed by atoms with Gasteiger partial charge < -0.3 is 18.6 Å². The number of Topliss-reactive ketones (excluding diaryl/α,β-unsaturated/α-hetero) is 1. The summed E-state index contributed by atoms with van der Waals surface area (Å²) < 4.78 is 20.0. The fourth-order valence-electron chi connectivity index (χ4n) is 1.69. The number of rotatable bonds is 6. The van der Waals surface area contributed by atoms with Gasteiger partial charge in [-0.2, -0.15) is 0 Å². The fourth-order valence-corrected chi connectivity index (χ4v) is 1.69. The maximum absolute atomic E-state index is 12.0. The number of ketones is 1. The van der Waals surface area contributed by atoms with Crippen molar-refractivity contribution in [2.75, 3.05) is 20.8 Å². The van der Waals surface area contributed by atoms with Crippen LogP contribution in [-0.2, 0) is 4.74 Å². The average molecular weight is 290 g/mol. The Kier molecular flexibility index (Phi) is 4.61. The highest BCUT2D eigenvalue weighted by Crippen LogP contribution is 2.27. The Morgan fingerprint density at radius 1 is 1.10 bits per heavy atom. The van der Waals surface area contributed by atoms with E-state index in [1.807, 2.05) is 0 Å². The molecule has 0 N–H and O–H groups in total. The van der Waals surface area contributed by atoms with E-state index in [2.05, 4.69) is 0 Å². The molecule has 0 aliphatic heterocycles. The molecular weight excluding hydrogens is 276 g/mol. The first-order valence-electron chi connectivity index (χ1n) is 6.11. The largest absolute Gasteiger partial charge is 0.493 e. The summed E-state index contributed by atoms with van der Waals surface area (Å²) >= 11 is 0. The van der Waals surface area contributed by atoms with Crippen LogP contribution in [0.25, 0.3) is 0 Å². The number of esters is 1. The van der Waals surface area contributed by atoms with E-state index in [0.717, 1.165) is 0 Å². The lowest BCUT2D eigenvalue weighted by atomic mass is 10.1. The van der Waals surface area contributed by atoms with E-state index >= 15 is 0 Å². The van der Waals surface area contributed by atoms with E-state index in [4.69, 9.17) is 18.6 Å². The molecular formula is C15H14O6. The van der Waals surface area contributed by atoms with Crippen LogP contribution in [0.1, 0.15) is 20.9 Å². The van der Waals surface area contributed by atoms with Gasteiger partial charge in [-0.1, -0.05) is 0 Å². The van der Waals surface area contributed by atoms with Crippen molar-refractivity contribution in [2.45, 2.75) is 0 Å². The predicted molar refractivity (Wildman–Crippen MR) is 72.9 cm³/mol. The van der Waals surface area contributed by atoms with Crippen molar-refractivity contribution in [2.24, 2.45) is 0 Å². The quantitative estimate of drug-likeness (QED) is 0.600. The molecule has 1 aromatic carbocycles. The number of ether oxygens (including phenoxy) is 3. The van der Waals surface area contributed by atoms with Crippen LogP contribution in [0.15, 0.2) is 41.0 Å². The average Bonchev–Trinajstić information content (AvgIpc) is 3.06. The van der Waals surface area contributed by atoms with Gasteiger partial charge in [0.05, 0.1) is 20.5 Å². The molecule has 0 bridgehead atoms. The number of carbonyl (C=O) groups is 2. The Labute approximate surface area is 121 Å². The van der Waals surface area contributed by atoms with E-state index in [-0.39, 0.29) is 18.2 Å². The SMILES string of the molecule is COc1ccc(C(=O)COC(=O)c2ccco2)cc1OC. The van der Waals surface area contributed by atoms with E-state index in [1.165, 1.54) is 32.6 Å². The van der Waals surface area contributed by atoms with Gasteiger partial charge in [-0.05, 0) is 30.3 Å². The summed E-state index contributed by atoms with van der Waals surface area (Å²) in [6.45, 7) is -0.380. The smallest absolute Gasteiger partial charge is 0.374 e. The highest BCUT2D eigenvalue weighted by Gasteiger charge is 2.15. The lowest BCUT2D eigenvalue weighted by Gasteiger charge is -2.09. The molecule has 0 saturated heterocycles. The first kappa shape index (κ1) is 14.6. The minimum Gasteiger partial charge on any atom is -0.493 e. The molecule has 0 saturated carbocycles. The Morgan fingerprint density at radius 2 is 1.86 bits per heavy atom. The molecule has 0 radical (unpaired) electrons. The summed E-state index contributed by atoms with van der Waals surface area (Å²) in [5, 5.41) is 0. The van der Waals surface area contributed by atoms with Crippen LogP contribution >= 0.6 is 0 Å². The molecule has 0 aliphatic rings. The highest BCUT2D eigenvalue weighted by molar-refractivity contribution is 5.99. The standard InChI is InChI=1S/C15H14O6/c1-18-12-6-5-10(8-14(12)19-2)11(16)9-21-15(17)13-4-3-7-20-13/h3-8H,9H2,1-2H3. The third kappa shape index (κ3) is 3.42. The van der Waals surface area contributed by atoms with Crippen molar-refractivity contribution >= 4 is 11.8 Å². The normalized spacial score (nSPS) is 10.0. The van der Waals surface area contributed by atoms with Gasteiger partial charge in [0.1, 0.15) is 0 Å². The lowest BCUT2D eigenvalue weighted by molar-refractivity contribution is 0.0444. The maximum Gasteiger partial charge on any atom is 0.374 e. The number of hydrogen-bond acceptors (Lipinski definition) is 6. The number of furan rings is 1. The molecule has 6 heteroatoms. The molecule has 0 atom stereocenters. The third-order valence-electron chi connectivity index (χ3n) is 2.76. The molecule has 0 aliphatic carbocycles. The Bertz CT molecular complexity index is 630. The summed E-state index contributed by atoms with van der Waals surface area (Å²) in [5.41, 5.74) is 0.361. The monoisotopic (exact) mass is 290 g/mol. The minimum absolute atomic E-state index is 0.0510. The van der Waals surface area contributed by atoms with Gasteiger partial charge in [0.15, 0.2) is 23.9 Å². The molecule has 21 heavy (non-hydrogen) atoms.